The summed E-state index contributed by atoms with van der Waals surface area (Å²) in [6.45, 7) is 2.82. The van der Waals surface area contributed by atoms with Crippen LogP contribution < -0.4 is 5.32 Å². The van der Waals surface area contributed by atoms with E-state index in [9.17, 15) is 4.39 Å². The van der Waals surface area contributed by atoms with Gasteiger partial charge >= 0.3 is 0 Å². The Hall–Kier alpha value is -0.600. The first-order valence-corrected chi connectivity index (χ1v) is 5.16. The van der Waals surface area contributed by atoms with Gasteiger partial charge in [0.2, 0.25) is 0 Å². The molecule has 14 heavy (non-hydrogen) atoms. The molecule has 0 aromatic heterocycles. The molecule has 0 saturated carbocycles. The zero-order valence-electron chi connectivity index (χ0n) is 8.48. The lowest BCUT2D eigenvalue weighted by Gasteiger charge is -2.15. The van der Waals surface area contributed by atoms with E-state index in [1.54, 1.807) is 12.1 Å². The summed E-state index contributed by atoms with van der Waals surface area (Å²) in [6, 6.07) is 4.71. The largest absolute Gasteiger partial charge is 0.319 e. The van der Waals surface area contributed by atoms with Crippen molar-refractivity contribution in [3.63, 3.8) is 0 Å². The second-order valence-corrected chi connectivity index (χ2v) is 3.77. The molecule has 1 rings (SSSR count). The maximum atomic E-state index is 13.4. The third-order valence-corrected chi connectivity index (χ3v) is 2.58. The Morgan fingerprint density at radius 1 is 1.50 bits per heavy atom. The Labute approximate surface area is 89.3 Å². The van der Waals surface area contributed by atoms with Crippen molar-refractivity contribution in [3.05, 3.63) is 34.6 Å². The number of nitrogens with one attached hydrogen (secondary N) is 1. The van der Waals surface area contributed by atoms with Gasteiger partial charge in [0.1, 0.15) is 5.82 Å². The number of halogens is 2. The summed E-state index contributed by atoms with van der Waals surface area (Å²) >= 11 is 5.83. The molecule has 1 unspecified atom stereocenters. The summed E-state index contributed by atoms with van der Waals surface area (Å²) in [5.74, 6) is 0.0233. The van der Waals surface area contributed by atoms with Crippen LogP contribution in [0.4, 0.5) is 4.39 Å². The van der Waals surface area contributed by atoms with Gasteiger partial charge in [0.15, 0.2) is 0 Å². The van der Waals surface area contributed by atoms with Crippen LogP contribution in [-0.2, 0) is 0 Å². The van der Waals surface area contributed by atoms with E-state index in [0.717, 1.165) is 13.0 Å². The van der Waals surface area contributed by atoms with E-state index >= 15 is 0 Å². The zero-order chi connectivity index (χ0) is 10.6. The van der Waals surface area contributed by atoms with Gasteiger partial charge in [0.25, 0.3) is 0 Å². The first-order chi connectivity index (χ1) is 6.69. The molecule has 0 aliphatic rings. The van der Waals surface area contributed by atoms with Crippen molar-refractivity contribution < 1.29 is 4.39 Å². The van der Waals surface area contributed by atoms with E-state index in [4.69, 9.17) is 11.6 Å². The summed E-state index contributed by atoms with van der Waals surface area (Å²) in [7, 11) is 1.87. The van der Waals surface area contributed by atoms with Gasteiger partial charge in [0, 0.05) is 11.6 Å². The van der Waals surface area contributed by atoms with E-state index in [1.165, 1.54) is 6.07 Å². The predicted octanol–water partition coefficient (Wildman–Crippen LogP) is 3.19. The third-order valence-electron chi connectivity index (χ3n) is 2.34. The summed E-state index contributed by atoms with van der Waals surface area (Å²) in [5.41, 5.74) is 0.703. The number of hydrogen-bond donors (Lipinski definition) is 1. The average Bonchev–Trinajstić information content (AvgIpc) is 2.18. The van der Waals surface area contributed by atoms with Gasteiger partial charge in [-0.25, -0.2) is 4.39 Å². The number of rotatable bonds is 4. The first kappa shape index (κ1) is 11.5. The minimum Gasteiger partial charge on any atom is -0.319 e. The van der Waals surface area contributed by atoms with Crippen molar-refractivity contribution in [2.24, 2.45) is 0 Å². The highest BCUT2D eigenvalue weighted by molar-refractivity contribution is 6.30. The molecule has 78 valence electrons. The molecule has 0 bridgehead atoms. The Morgan fingerprint density at radius 2 is 2.21 bits per heavy atom. The lowest BCUT2D eigenvalue weighted by atomic mass is 9.96. The standard InChI is InChI=1S/C11H15ClFN/c1-3-8(7-14-2)10-6-9(12)4-5-11(10)13/h4-6,8,14H,3,7H2,1-2H3. The fourth-order valence-electron chi connectivity index (χ4n) is 1.55. The Morgan fingerprint density at radius 3 is 2.79 bits per heavy atom. The second kappa shape index (κ2) is 5.32. The topological polar surface area (TPSA) is 12.0 Å². The predicted molar refractivity (Wildman–Crippen MR) is 58.4 cm³/mol. The highest BCUT2D eigenvalue weighted by atomic mass is 35.5. The SMILES string of the molecule is CCC(CNC)c1cc(Cl)ccc1F. The molecule has 0 heterocycles. The summed E-state index contributed by atoms with van der Waals surface area (Å²) in [4.78, 5) is 0. The average molecular weight is 216 g/mol. The van der Waals surface area contributed by atoms with Crippen molar-refractivity contribution in [1.29, 1.82) is 0 Å². The van der Waals surface area contributed by atoms with E-state index < -0.39 is 0 Å². The number of benzene rings is 1. The molecule has 1 aromatic carbocycles. The van der Waals surface area contributed by atoms with Gasteiger partial charge in [0.05, 0.1) is 0 Å². The van der Waals surface area contributed by atoms with Crippen LogP contribution in [0.15, 0.2) is 18.2 Å². The van der Waals surface area contributed by atoms with Crippen LogP contribution in [0.1, 0.15) is 24.8 Å². The van der Waals surface area contributed by atoms with Gasteiger partial charge in [-0.3, -0.25) is 0 Å². The molecule has 0 amide bonds. The van der Waals surface area contributed by atoms with Crippen molar-refractivity contribution in [2.45, 2.75) is 19.3 Å². The zero-order valence-corrected chi connectivity index (χ0v) is 9.24. The van der Waals surface area contributed by atoms with Gasteiger partial charge < -0.3 is 5.32 Å². The maximum absolute atomic E-state index is 13.4. The van der Waals surface area contributed by atoms with Crippen LogP contribution >= 0.6 is 11.6 Å². The molecule has 3 heteroatoms. The van der Waals surface area contributed by atoms with Gasteiger partial charge in [-0.15, -0.1) is 0 Å². The minimum atomic E-state index is -0.170. The normalized spacial score (nSPS) is 12.9. The molecular formula is C11H15ClFN. The number of likely N-dealkylation sites (N-methyl/N-ethyl adjacent to an activating group) is 1. The summed E-state index contributed by atoms with van der Waals surface area (Å²) in [6.07, 6.45) is 0.901. The van der Waals surface area contributed by atoms with Gasteiger partial charge in [-0.05, 0) is 43.1 Å². The van der Waals surface area contributed by atoms with Crippen molar-refractivity contribution >= 4 is 11.6 Å². The molecule has 0 fully saturated rings. The van der Waals surface area contributed by atoms with Crippen molar-refractivity contribution in [3.8, 4) is 0 Å². The fraction of sp³-hybridized carbons (Fsp3) is 0.455. The van der Waals surface area contributed by atoms with E-state index in [-0.39, 0.29) is 11.7 Å². The highest BCUT2D eigenvalue weighted by Gasteiger charge is 2.13. The van der Waals surface area contributed by atoms with Gasteiger partial charge in [-0.2, -0.15) is 0 Å². The lowest BCUT2D eigenvalue weighted by Crippen LogP contribution is -2.17. The summed E-state index contributed by atoms with van der Waals surface area (Å²) < 4.78 is 13.4. The fourth-order valence-corrected chi connectivity index (χ4v) is 1.73. The van der Waals surface area contributed by atoms with Crippen LogP contribution in [0.2, 0.25) is 5.02 Å². The molecule has 0 aliphatic carbocycles. The van der Waals surface area contributed by atoms with E-state index in [0.29, 0.717) is 10.6 Å². The molecule has 0 radical (unpaired) electrons. The van der Waals surface area contributed by atoms with E-state index in [2.05, 4.69) is 5.32 Å². The molecule has 1 aromatic rings. The first-order valence-electron chi connectivity index (χ1n) is 4.78. The van der Waals surface area contributed by atoms with Crippen molar-refractivity contribution in [1.82, 2.24) is 5.32 Å². The molecule has 1 N–H and O–H groups in total. The van der Waals surface area contributed by atoms with E-state index in [1.807, 2.05) is 14.0 Å². The molecule has 0 spiro atoms. The Kier molecular flexibility index (Phi) is 4.36. The van der Waals surface area contributed by atoms with Crippen LogP contribution in [0.25, 0.3) is 0 Å². The molecule has 1 atom stereocenters. The second-order valence-electron chi connectivity index (χ2n) is 3.33. The third kappa shape index (κ3) is 2.69. The maximum Gasteiger partial charge on any atom is 0.126 e. The van der Waals surface area contributed by atoms with Crippen LogP contribution in [0.3, 0.4) is 0 Å². The molecule has 0 aliphatic heterocycles. The summed E-state index contributed by atoms with van der Waals surface area (Å²) in [5, 5.41) is 3.65. The number of hydrogen-bond acceptors (Lipinski definition) is 1. The smallest absolute Gasteiger partial charge is 0.126 e. The Balaban J connectivity index is 2.96. The van der Waals surface area contributed by atoms with Crippen LogP contribution in [-0.4, -0.2) is 13.6 Å². The lowest BCUT2D eigenvalue weighted by molar-refractivity contribution is 0.549. The Bertz CT molecular complexity index is 301. The van der Waals surface area contributed by atoms with Crippen molar-refractivity contribution in [2.75, 3.05) is 13.6 Å². The van der Waals surface area contributed by atoms with Crippen LogP contribution in [0.5, 0.6) is 0 Å². The van der Waals surface area contributed by atoms with Crippen LogP contribution in [0, 0.1) is 5.82 Å². The highest BCUT2D eigenvalue weighted by Crippen LogP contribution is 2.24. The monoisotopic (exact) mass is 215 g/mol. The molecular weight excluding hydrogens is 201 g/mol. The molecule has 1 nitrogen and oxygen atoms in total. The molecule has 0 saturated heterocycles. The quantitative estimate of drug-likeness (QED) is 0.814. The minimum absolute atomic E-state index is 0.170. The van der Waals surface area contributed by atoms with Gasteiger partial charge in [-0.1, -0.05) is 18.5 Å².